The molecule has 0 fully saturated rings. The molecule has 0 aliphatic heterocycles. The number of hydrogen-bond acceptors (Lipinski definition) is 4. The Balaban J connectivity index is 1.77. The van der Waals surface area contributed by atoms with E-state index >= 15 is 0 Å². The Labute approximate surface area is 160 Å². The van der Waals surface area contributed by atoms with Crippen LogP contribution in [0.3, 0.4) is 0 Å². The zero-order chi connectivity index (χ0) is 19.5. The third-order valence-electron chi connectivity index (χ3n) is 4.24. The number of benzene rings is 1. The molecule has 1 amide bonds. The molecule has 0 aliphatic rings. The molecule has 2 N–H and O–H groups in total. The van der Waals surface area contributed by atoms with Gasteiger partial charge in [-0.2, -0.15) is 0 Å². The molecule has 27 heavy (non-hydrogen) atoms. The van der Waals surface area contributed by atoms with E-state index in [9.17, 15) is 4.79 Å². The van der Waals surface area contributed by atoms with Crippen molar-refractivity contribution in [3.63, 3.8) is 0 Å². The molecule has 146 valence electrons. The first-order chi connectivity index (χ1) is 13.2. The summed E-state index contributed by atoms with van der Waals surface area (Å²) in [5.74, 6) is 1.59. The first-order valence-corrected chi connectivity index (χ1v) is 9.30. The molecular weight excluding hydrogens is 342 g/mol. The Morgan fingerprint density at radius 1 is 1.22 bits per heavy atom. The minimum absolute atomic E-state index is 0.0383. The van der Waals surface area contributed by atoms with Gasteiger partial charge in [-0.15, -0.1) is 10.2 Å². The summed E-state index contributed by atoms with van der Waals surface area (Å²) >= 11 is 0. The summed E-state index contributed by atoms with van der Waals surface area (Å²) in [4.78, 5) is 18.5. The molecule has 0 radical (unpaired) electrons. The van der Waals surface area contributed by atoms with Gasteiger partial charge >= 0.3 is 0 Å². The Bertz CT molecular complexity index is 727. The topological polar surface area (TPSA) is 87.4 Å². The average Bonchev–Trinajstić information content (AvgIpc) is 3.16. The van der Waals surface area contributed by atoms with Crippen molar-refractivity contribution in [2.45, 2.75) is 33.4 Å². The molecule has 0 atom stereocenters. The number of aryl methyl sites for hydroxylation is 1. The van der Waals surface area contributed by atoms with Crippen LogP contribution in [0, 0.1) is 0 Å². The molecule has 8 heteroatoms. The maximum Gasteiger partial charge on any atom is 0.242 e. The molecule has 0 bridgehead atoms. The van der Waals surface area contributed by atoms with Crippen molar-refractivity contribution >= 4 is 11.9 Å². The number of guanidine groups is 1. The summed E-state index contributed by atoms with van der Waals surface area (Å²) in [5.41, 5.74) is 1.12. The van der Waals surface area contributed by atoms with Gasteiger partial charge in [0.1, 0.15) is 12.2 Å². The smallest absolute Gasteiger partial charge is 0.242 e. The van der Waals surface area contributed by atoms with E-state index in [-0.39, 0.29) is 12.5 Å². The minimum atomic E-state index is 0.0383. The second-order valence-electron chi connectivity index (χ2n) is 6.04. The summed E-state index contributed by atoms with van der Waals surface area (Å²) in [6, 6.07) is 10.00. The van der Waals surface area contributed by atoms with Crippen LogP contribution < -0.4 is 10.6 Å². The highest BCUT2D eigenvalue weighted by Crippen LogP contribution is 2.04. The lowest BCUT2D eigenvalue weighted by Gasteiger charge is -2.22. The third kappa shape index (κ3) is 6.40. The fourth-order valence-electron chi connectivity index (χ4n) is 2.71. The molecule has 0 saturated heterocycles. The van der Waals surface area contributed by atoms with Gasteiger partial charge in [-0.1, -0.05) is 37.3 Å². The van der Waals surface area contributed by atoms with Crippen LogP contribution in [0.4, 0.5) is 0 Å². The number of rotatable bonds is 9. The fraction of sp³-hybridized carbons (Fsp3) is 0.474. The molecule has 1 aromatic heterocycles. The van der Waals surface area contributed by atoms with E-state index in [1.54, 1.807) is 13.4 Å². The molecule has 0 aliphatic carbocycles. The van der Waals surface area contributed by atoms with Crippen LogP contribution in [0.25, 0.3) is 0 Å². The number of carbonyl (C=O) groups is 1. The number of hydrogen-bond donors (Lipinski definition) is 2. The Kier molecular flexibility index (Phi) is 8.28. The van der Waals surface area contributed by atoms with E-state index < -0.39 is 0 Å². The molecule has 1 heterocycles. The fourth-order valence-corrected chi connectivity index (χ4v) is 2.71. The average molecular weight is 371 g/mol. The van der Waals surface area contributed by atoms with E-state index in [0.29, 0.717) is 25.6 Å². The van der Waals surface area contributed by atoms with Crippen molar-refractivity contribution in [1.82, 2.24) is 30.3 Å². The number of likely N-dealkylation sites (N-methyl/N-ethyl adjacent to an activating group) is 1. The van der Waals surface area contributed by atoms with Crippen molar-refractivity contribution in [3.05, 3.63) is 48.0 Å². The molecule has 0 unspecified atom stereocenters. The van der Waals surface area contributed by atoms with Crippen molar-refractivity contribution in [2.24, 2.45) is 4.99 Å². The Hall–Kier alpha value is -2.90. The van der Waals surface area contributed by atoms with Crippen LogP contribution in [0.15, 0.2) is 41.7 Å². The zero-order valence-electron chi connectivity index (χ0n) is 16.4. The number of amides is 1. The molecule has 0 saturated carbocycles. The number of carbonyl (C=O) groups excluding carboxylic acids is 1. The minimum Gasteiger partial charge on any atom is -0.355 e. The normalized spacial score (nSPS) is 11.3. The second kappa shape index (κ2) is 10.9. The summed E-state index contributed by atoms with van der Waals surface area (Å²) < 4.78 is 2.00. The third-order valence-corrected chi connectivity index (χ3v) is 4.24. The first-order valence-electron chi connectivity index (χ1n) is 9.30. The highest BCUT2D eigenvalue weighted by Gasteiger charge is 2.12. The first kappa shape index (κ1) is 20.4. The van der Waals surface area contributed by atoms with Crippen LogP contribution >= 0.6 is 0 Å². The number of nitrogens with one attached hydrogen (secondary N) is 2. The van der Waals surface area contributed by atoms with Gasteiger partial charge in [0.2, 0.25) is 5.91 Å². The van der Waals surface area contributed by atoms with E-state index in [4.69, 9.17) is 0 Å². The maximum atomic E-state index is 12.5. The van der Waals surface area contributed by atoms with Gasteiger partial charge in [-0.25, -0.2) is 0 Å². The lowest BCUT2D eigenvalue weighted by Crippen LogP contribution is -2.45. The Morgan fingerprint density at radius 3 is 2.67 bits per heavy atom. The van der Waals surface area contributed by atoms with E-state index in [1.165, 1.54) is 0 Å². The molecule has 2 aromatic rings. The molecular formula is C19H29N7O. The quantitative estimate of drug-likeness (QED) is 0.508. The predicted octanol–water partition coefficient (Wildman–Crippen LogP) is 1.05. The summed E-state index contributed by atoms with van der Waals surface area (Å²) in [6.07, 6.45) is 2.57. The zero-order valence-corrected chi connectivity index (χ0v) is 16.4. The van der Waals surface area contributed by atoms with Gasteiger partial charge in [-0.3, -0.25) is 9.79 Å². The maximum absolute atomic E-state index is 12.5. The largest absolute Gasteiger partial charge is 0.355 e. The lowest BCUT2D eigenvalue weighted by molar-refractivity contribution is -0.130. The predicted molar refractivity (Wildman–Crippen MR) is 106 cm³/mol. The van der Waals surface area contributed by atoms with E-state index in [2.05, 4.69) is 32.7 Å². The molecule has 8 nitrogen and oxygen atoms in total. The lowest BCUT2D eigenvalue weighted by atomic mass is 10.2. The summed E-state index contributed by atoms with van der Waals surface area (Å²) in [6.45, 7) is 6.91. The van der Waals surface area contributed by atoms with Crippen LogP contribution in [0.5, 0.6) is 0 Å². The molecule has 2 rings (SSSR count). The SMILES string of the molecule is CCc1nncn1CCNC(=NC)NCC(=O)N(CC)Cc1ccccc1. The molecule has 1 aromatic carbocycles. The van der Waals surface area contributed by atoms with Gasteiger partial charge in [0.15, 0.2) is 5.96 Å². The van der Waals surface area contributed by atoms with E-state index in [0.717, 1.165) is 24.4 Å². The van der Waals surface area contributed by atoms with Gasteiger partial charge in [0, 0.05) is 39.6 Å². The highest BCUT2D eigenvalue weighted by atomic mass is 16.2. The molecule has 0 spiro atoms. The van der Waals surface area contributed by atoms with Gasteiger partial charge < -0.3 is 20.1 Å². The summed E-state index contributed by atoms with van der Waals surface area (Å²) in [7, 11) is 1.69. The van der Waals surface area contributed by atoms with Gasteiger partial charge in [0.05, 0.1) is 6.54 Å². The van der Waals surface area contributed by atoms with Crippen LogP contribution in [-0.4, -0.2) is 58.2 Å². The Morgan fingerprint density at radius 2 is 2.00 bits per heavy atom. The van der Waals surface area contributed by atoms with E-state index in [1.807, 2.05) is 46.7 Å². The second-order valence-corrected chi connectivity index (χ2v) is 6.04. The number of nitrogens with zero attached hydrogens (tertiary/aromatic N) is 5. The van der Waals surface area contributed by atoms with Crippen molar-refractivity contribution in [1.29, 1.82) is 0 Å². The number of aromatic nitrogens is 3. The summed E-state index contributed by atoms with van der Waals surface area (Å²) in [5, 5.41) is 14.3. The monoisotopic (exact) mass is 371 g/mol. The highest BCUT2D eigenvalue weighted by molar-refractivity contribution is 5.86. The van der Waals surface area contributed by atoms with Crippen molar-refractivity contribution in [2.75, 3.05) is 26.7 Å². The standard InChI is InChI=1S/C19H29N7O/c1-4-17-24-23-15-26(17)12-11-21-19(20-3)22-13-18(27)25(5-2)14-16-9-7-6-8-10-16/h6-10,15H,4-5,11-14H2,1-3H3,(H2,20,21,22). The van der Waals surface area contributed by atoms with Crippen LogP contribution in [0.1, 0.15) is 25.2 Å². The van der Waals surface area contributed by atoms with Gasteiger partial charge in [0.25, 0.3) is 0 Å². The van der Waals surface area contributed by atoms with Crippen LogP contribution in [0.2, 0.25) is 0 Å². The number of aliphatic imine (C=N–C) groups is 1. The van der Waals surface area contributed by atoms with Crippen LogP contribution in [-0.2, 0) is 24.3 Å². The van der Waals surface area contributed by atoms with Gasteiger partial charge in [-0.05, 0) is 12.5 Å². The van der Waals surface area contributed by atoms with Crippen molar-refractivity contribution < 1.29 is 4.79 Å². The van der Waals surface area contributed by atoms with Crippen molar-refractivity contribution in [3.8, 4) is 0 Å².